The van der Waals surface area contributed by atoms with Crippen LogP contribution in [0.5, 0.6) is 0 Å². The van der Waals surface area contributed by atoms with E-state index in [0.717, 1.165) is 34.8 Å². The van der Waals surface area contributed by atoms with Crippen LogP contribution >= 0.6 is 22.6 Å². The number of benzene rings is 1. The summed E-state index contributed by atoms with van der Waals surface area (Å²) in [6.07, 6.45) is 3.12. The molecule has 2 bridgehead atoms. The molecule has 3 aliphatic carbocycles. The number of likely N-dealkylation sites (tertiary alicyclic amines) is 1. The van der Waals surface area contributed by atoms with Crippen molar-refractivity contribution in [1.29, 1.82) is 0 Å². The highest BCUT2D eigenvalue weighted by Gasteiger charge is 2.78. The highest BCUT2D eigenvalue weighted by Crippen LogP contribution is 2.64. The van der Waals surface area contributed by atoms with E-state index in [-0.39, 0.29) is 31.4 Å². The van der Waals surface area contributed by atoms with E-state index >= 15 is 0 Å². The molecule has 2 amide bonds. The van der Waals surface area contributed by atoms with Crippen LogP contribution < -0.4 is 5.32 Å². The predicted molar refractivity (Wildman–Crippen MR) is 153 cm³/mol. The van der Waals surface area contributed by atoms with E-state index in [4.69, 9.17) is 19.0 Å². The molecule has 7 fully saturated rings. The zero-order valence-electron chi connectivity index (χ0n) is 23.3. The van der Waals surface area contributed by atoms with Crippen LogP contribution in [-0.4, -0.2) is 94.8 Å². The fourth-order valence-corrected chi connectivity index (χ4v) is 8.92. The van der Waals surface area contributed by atoms with Gasteiger partial charge in [-0.05, 0) is 78.8 Å². The Balaban J connectivity index is 1.19. The zero-order chi connectivity index (χ0) is 28.8. The molecule has 42 heavy (non-hydrogen) atoms. The lowest BCUT2D eigenvalue weighted by atomic mass is 9.62. The molecule has 1 aromatic carbocycles. The lowest BCUT2D eigenvalue weighted by molar-refractivity contribution is -0.235. The molecule has 7 aliphatic rings. The van der Waals surface area contributed by atoms with Gasteiger partial charge >= 0.3 is 5.97 Å². The van der Waals surface area contributed by atoms with Crippen LogP contribution in [-0.2, 0) is 40.0 Å². The number of fused-ring (bicyclic) bond motifs is 4. The minimum absolute atomic E-state index is 0.119. The van der Waals surface area contributed by atoms with Gasteiger partial charge in [0.25, 0.3) is 0 Å². The number of hydroxylamine groups is 2. The molecular weight excluding hydrogens is 657 g/mol. The van der Waals surface area contributed by atoms with Crippen LogP contribution in [0.15, 0.2) is 24.3 Å². The number of carbonyl (C=O) groups is 3. The summed E-state index contributed by atoms with van der Waals surface area (Å²) in [6.45, 7) is 0.642. The van der Waals surface area contributed by atoms with Gasteiger partial charge in [0, 0.05) is 34.9 Å². The molecule has 0 aromatic heterocycles. The normalized spacial score (nSPS) is 38.3. The van der Waals surface area contributed by atoms with Gasteiger partial charge in [0.1, 0.15) is 35.9 Å². The van der Waals surface area contributed by atoms with E-state index in [2.05, 4.69) is 27.9 Å². The number of aliphatic hydroxyl groups is 1. The number of nitrogens with one attached hydrogen (secondary N) is 1. The molecule has 0 spiro atoms. The van der Waals surface area contributed by atoms with E-state index in [1.165, 1.54) is 0 Å². The number of rotatable bonds is 8. The van der Waals surface area contributed by atoms with E-state index in [0.29, 0.717) is 37.8 Å². The maximum Gasteiger partial charge on any atom is 0.327 e. The van der Waals surface area contributed by atoms with Gasteiger partial charge in [-0.15, -0.1) is 0 Å². The van der Waals surface area contributed by atoms with E-state index < -0.39 is 53.7 Å². The maximum atomic E-state index is 14.9. The van der Waals surface area contributed by atoms with E-state index in [1.807, 2.05) is 24.3 Å². The predicted octanol–water partition coefficient (Wildman–Crippen LogP) is 1.49. The molecule has 8 rings (SSSR count). The second-order valence-corrected chi connectivity index (χ2v) is 14.2. The summed E-state index contributed by atoms with van der Waals surface area (Å²) in [5, 5.41) is 13.6. The van der Waals surface area contributed by atoms with Crippen molar-refractivity contribution < 1.29 is 38.5 Å². The second kappa shape index (κ2) is 10.1. The summed E-state index contributed by atoms with van der Waals surface area (Å²) < 4.78 is 20.9. The number of nitrogens with zero attached hydrogens (tertiary/aromatic N) is 2. The third-order valence-electron chi connectivity index (χ3n) is 10.3. The minimum atomic E-state index is -1.28. The van der Waals surface area contributed by atoms with Crippen LogP contribution in [0.25, 0.3) is 0 Å². The van der Waals surface area contributed by atoms with Gasteiger partial charge in [0.2, 0.25) is 11.8 Å². The summed E-state index contributed by atoms with van der Waals surface area (Å²) in [4.78, 5) is 50.3. The van der Waals surface area contributed by atoms with Crippen LogP contribution in [0, 0.1) is 20.8 Å². The van der Waals surface area contributed by atoms with Crippen molar-refractivity contribution in [3.8, 4) is 0 Å². The largest absolute Gasteiger partial charge is 0.458 e. The monoisotopic (exact) mass is 693 g/mol. The van der Waals surface area contributed by atoms with Crippen LogP contribution in [0.4, 0.5) is 0 Å². The third kappa shape index (κ3) is 4.12. The molecule has 7 atom stereocenters. The molecule has 0 radical (unpaired) electrons. The van der Waals surface area contributed by atoms with Gasteiger partial charge in [-0.1, -0.05) is 12.1 Å². The molecule has 4 saturated heterocycles. The van der Waals surface area contributed by atoms with Gasteiger partial charge in [-0.3, -0.25) is 19.2 Å². The first-order valence-corrected chi connectivity index (χ1v) is 16.4. The summed E-state index contributed by atoms with van der Waals surface area (Å²) in [6, 6.07) is 6.31. The second-order valence-electron chi connectivity index (χ2n) is 13.0. The first-order valence-electron chi connectivity index (χ1n) is 15.3. The molecule has 12 heteroatoms. The van der Waals surface area contributed by atoms with Gasteiger partial charge in [0.05, 0.1) is 13.2 Å². The van der Waals surface area contributed by atoms with Crippen LogP contribution in [0.2, 0.25) is 0 Å². The standard InChI is InChI=1S/C30H36IN3O8/c31-19-4-1-3-16(13-19)15-34-24-27(37)39-21-14-29(24,28(38)33-11-2-5-20(33)26(36)32-10-12-35)25(42-34)23-22(21)40-30(41-23,17-6-7-17)18-8-9-18/h1,3-4,13,17-18,20-25,35H,2,5-12,14-15H2,(H,32,36)/t20-,21-,22+,23+,24+,25-,29+/m1/s1. The topological polar surface area (TPSA) is 127 Å². The SMILES string of the molecule is O=C(NCCO)[C@H]1CCCN1C(=O)[C@@]12C[C@H]3OC(=O)[C@@H]1N(Cc1cccc(I)c1)O[C@@H]2[C@H]1OC(C2CC2)(C2CC2)O[C@H]13. The minimum Gasteiger partial charge on any atom is -0.458 e. The molecule has 226 valence electrons. The van der Waals surface area contributed by atoms with Gasteiger partial charge in [-0.25, -0.2) is 0 Å². The molecule has 2 N–H and O–H groups in total. The summed E-state index contributed by atoms with van der Waals surface area (Å²) in [5.74, 6) is -1.16. The molecule has 0 unspecified atom stereocenters. The Kier molecular flexibility index (Phi) is 6.66. The fraction of sp³-hybridized carbons (Fsp3) is 0.700. The zero-order valence-corrected chi connectivity index (χ0v) is 25.4. The Hall–Kier alpha value is -1.84. The summed E-state index contributed by atoms with van der Waals surface area (Å²) in [7, 11) is 0. The van der Waals surface area contributed by atoms with Gasteiger partial charge in [-0.2, -0.15) is 5.06 Å². The molecule has 11 nitrogen and oxygen atoms in total. The number of amides is 2. The summed E-state index contributed by atoms with van der Waals surface area (Å²) in [5.41, 5.74) is -0.332. The molecule has 4 heterocycles. The van der Waals surface area contributed by atoms with Crippen molar-refractivity contribution in [1.82, 2.24) is 15.3 Å². The molecule has 3 saturated carbocycles. The number of carbonyl (C=O) groups excluding carboxylic acids is 3. The number of hydrogen-bond acceptors (Lipinski definition) is 9. The van der Waals surface area contributed by atoms with E-state index in [1.54, 1.807) is 9.96 Å². The number of halogens is 1. The van der Waals surface area contributed by atoms with Crippen molar-refractivity contribution in [2.24, 2.45) is 17.3 Å². The lowest BCUT2D eigenvalue weighted by Crippen LogP contribution is -2.70. The number of aliphatic hydroxyl groups excluding tert-OH is 1. The Labute approximate surface area is 257 Å². The average molecular weight is 694 g/mol. The van der Waals surface area contributed by atoms with Gasteiger partial charge < -0.3 is 29.5 Å². The first kappa shape index (κ1) is 27.7. The highest BCUT2D eigenvalue weighted by atomic mass is 127. The number of hydrogen-bond donors (Lipinski definition) is 2. The average Bonchev–Trinajstić information content (AvgIpc) is 3.89. The van der Waals surface area contributed by atoms with Crippen molar-refractivity contribution in [2.45, 2.75) is 93.8 Å². The number of ether oxygens (including phenoxy) is 3. The Bertz CT molecular complexity index is 1290. The third-order valence-corrected chi connectivity index (χ3v) is 11.0. The summed E-state index contributed by atoms with van der Waals surface area (Å²) >= 11 is 2.25. The van der Waals surface area contributed by atoms with Crippen LogP contribution in [0.1, 0.15) is 50.5 Å². The lowest BCUT2D eigenvalue weighted by Gasteiger charge is -2.50. The molecule has 4 aliphatic heterocycles. The Morgan fingerprint density at radius 2 is 1.86 bits per heavy atom. The molecule has 1 aromatic rings. The van der Waals surface area contributed by atoms with Crippen molar-refractivity contribution >= 4 is 40.4 Å². The number of esters is 1. The Morgan fingerprint density at radius 3 is 2.57 bits per heavy atom. The van der Waals surface area contributed by atoms with Crippen molar-refractivity contribution in [2.75, 3.05) is 19.7 Å². The Morgan fingerprint density at radius 1 is 1.10 bits per heavy atom. The van der Waals surface area contributed by atoms with Crippen LogP contribution in [0.3, 0.4) is 0 Å². The smallest absolute Gasteiger partial charge is 0.327 e. The maximum absolute atomic E-state index is 14.9. The fourth-order valence-electron chi connectivity index (χ4n) is 8.31. The van der Waals surface area contributed by atoms with Gasteiger partial charge in [0.15, 0.2) is 11.8 Å². The highest BCUT2D eigenvalue weighted by molar-refractivity contribution is 14.1. The van der Waals surface area contributed by atoms with Crippen molar-refractivity contribution in [3.63, 3.8) is 0 Å². The molecular formula is C30H36IN3O8. The quantitative estimate of drug-likeness (QED) is 0.308. The van der Waals surface area contributed by atoms with E-state index in [9.17, 15) is 19.5 Å². The first-order chi connectivity index (χ1) is 20.4. The van der Waals surface area contributed by atoms with Crippen molar-refractivity contribution in [3.05, 3.63) is 33.4 Å².